The summed E-state index contributed by atoms with van der Waals surface area (Å²) in [4.78, 5) is 10.9. The van der Waals surface area contributed by atoms with Gasteiger partial charge in [0.05, 0.1) is 0 Å². The second kappa shape index (κ2) is 9.97. The first-order valence-corrected chi connectivity index (χ1v) is 7.68. The van der Waals surface area contributed by atoms with Gasteiger partial charge in [-0.3, -0.25) is 9.98 Å². The molecule has 1 aromatic heterocycles. The summed E-state index contributed by atoms with van der Waals surface area (Å²) < 4.78 is 0. The van der Waals surface area contributed by atoms with Crippen LogP contribution < -0.4 is 5.32 Å². The van der Waals surface area contributed by atoms with Crippen LogP contribution in [0, 0.1) is 5.92 Å². The van der Waals surface area contributed by atoms with E-state index in [0.717, 1.165) is 37.9 Å². The lowest BCUT2D eigenvalue weighted by atomic mass is 10.0. The van der Waals surface area contributed by atoms with Gasteiger partial charge in [0.25, 0.3) is 0 Å². The molecule has 1 unspecified atom stereocenters. The number of nitrogens with one attached hydrogen (secondary N) is 1. The van der Waals surface area contributed by atoms with Gasteiger partial charge >= 0.3 is 0 Å². The third-order valence-corrected chi connectivity index (χ3v) is 3.91. The molecule has 4 nitrogen and oxygen atoms in total. The van der Waals surface area contributed by atoms with Gasteiger partial charge in [-0.15, -0.1) is 24.0 Å². The van der Waals surface area contributed by atoms with Gasteiger partial charge in [-0.25, -0.2) is 0 Å². The van der Waals surface area contributed by atoms with Crippen LogP contribution in [0.2, 0.25) is 0 Å². The van der Waals surface area contributed by atoms with E-state index in [1.165, 1.54) is 24.8 Å². The molecule has 1 aliphatic rings. The topological polar surface area (TPSA) is 40.5 Å². The molecule has 0 aliphatic carbocycles. The Kier molecular flexibility index (Phi) is 8.64. The second-order valence-corrected chi connectivity index (χ2v) is 5.47. The summed E-state index contributed by atoms with van der Waals surface area (Å²) in [5.74, 6) is 1.89. The van der Waals surface area contributed by atoms with Crippen LogP contribution in [0.25, 0.3) is 0 Å². The lowest BCUT2D eigenvalue weighted by Gasteiger charge is -2.21. The zero-order valence-electron chi connectivity index (χ0n) is 13.1. The summed E-state index contributed by atoms with van der Waals surface area (Å²) in [6.45, 7) is 5.47. The molecule has 0 saturated carbocycles. The van der Waals surface area contributed by atoms with E-state index in [1.807, 2.05) is 25.5 Å². The predicted molar refractivity (Wildman–Crippen MR) is 99.3 cm³/mol. The highest BCUT2D eigenvalue weighted by Crippen LogP contribution is 2.20. The number of rotatable bonds is 5. The van der Waals surface area contributed by atoms with Crippen molar-refractivity contribution in [1.29, 1.82) is 0 Å². The zero-order valence-corrected chi connectivity index (χ0v) is 15.4. The van der Waals surface area contributed by atoms with Crippen LogP contribution in [0.15, 0.2) is 29.5 Å². The van der Waals surface area contributed by atoms with Crippen molar-refractivity contribution < 1.29 is 0 Å². The van der Waals surface area contributed by atoms with E-state index in [4.69, 9.17) is 0 Å². The van der Waals surface area contributed by atoms with Crippen molar-refractivity contribution in [3.05, 3.63) is 30.1 Å². The Bertz CT molecular complexity index is 422. The van der Waals surface area contributed by atoms with E-state index in [2.05, 4.69) is 33.2 Å². The lowest BCUT2D eigenvalue weighted by Crippen LogP contribution is -2.40. The summed E-state index contributed by atoms with van der Waals surface area (Å²) in [6.07, 6.45) is 8.65. The van der Waals surface area contributed by atoms with Crippen LogP contribution >= 0.6 is 24.0 Å². The molecule has 2 rings (SSSR count). The van der Waals surface area contributed by atoms with Crippen LogP contribution in [0.4, 0.5) is 0 Å². The van der Waals surface area contributed by atoms with Gasteiger partial charge in [-0.2, -0.15) is 0 Å². The Labute approximate surface area is 145 Å². The third kappa shape index (κ3) is 5.80. The average Bonchev–Trinajstić information content (AvgIpc) is 2.94. The van der Waals surface area contributed by atoms with Crippen molar-refractivity contribution >= 4 is 29.9 Å². The Morgan fingerprint density at radius 1 is 1.52 bits per heavy atom. The van der Waals surface area contributed by atoms with E-state index in [0.29, 0.717) is 0 Å². The summed E-state index contributed by atoms with van der Waals surface area (Å²) in [6, 6.07) is 4.10. The number of nitrogens with zero attached hydrogens (tertiary/aromatic N) is 3. The predicted octanol–water partition coefficient (Wildman–Crippen LogP) is 2.94. The van der Waals surface area contributed by atoms with Gasteiger partial charge in [0, 0.05) is 39.1 Å². The van der Waals surface area contributed by atoms with Gasteiger partial charge in [0.2, 0.25) is 0 Å². The zero-order chi connectivity index (χ0) is 14.2. The molecule has 1 N–H and O–H groups in total. The van der Waals surface area contributed by atoms with Crippen LogP contribution in [0.1, 0.15) is 31.7 Å². The summed E-state index contributed by atoms with van der Waals surface area (Å²) in [5.41, 5.74) is 1.26. The van der Waals surface area contributed by atoms with Gasteiger partial charge in [-0.05, 0) is 36.8 Å². The van der Waals surface area contributed by atoms with Crippen LogP contribution in [-0.4, -0.2) is 42.5 Å². The molecule has 1 aliphatic heterocycles. The molecule has 0 spiro atoms. The number of aromatic nitrogens is 1. The van der Waals surface area contributed by atoms with E-state index in [-0.39, 0.29) is 24.0 Å². The van der Waals surface area contributed by atoms with Crippen molar-refractivity contribution in [2.75, 3.05) is 26.7 Å². The normalized spacial score (nSPS) is 18.5. The number of guanidine groups is 1. The smallest absolute Gasteiger partial charge is 0.193 e. The van der Waals surface area contributed by atoms with E-state index in [1.54, 1.807) is 0 Å². The molecular formula is C16H27IN4. The summed E-state index contributed by atoms with van der Waals surface area (Å²) >= 11 is 0. The summed E-state index contributed by atoms with van der Waals surface area (Å²) in [7, 11) is 1.87. The minimum absolute atomic E-state index is 0. The van der Waals surface area contributed by atoms with E-state index >= 15 is 0 Å². The fourth-order valence-corrected chi connectivity index (χ4v) is 2.87. The summed E-state index contributed by atoms with van der Waals surface area (Å²) in [5, 5.41) is 3.47. The number of likely N-dealkylation sites (tertiary alicyclic amines) is 1. The number of hydrogen-bond acceptors (Lipinski definition) is 2. The van der Waals surface area contributed by atoms with Crippen molar-refractivity contribution in [1.82, 2.24) is 15.2 Å². The van der Waals surface area contributed by atoms with Gasteiger partial charge in [-0.1, -0.05) is 19.4 Å². The van der Waals surface area contributed by atoms with Gasteiger partial charge < -0.3 is 10.2 Å². The van der Waals surface area contributed by atoms with E-state index < -0.39 is 0 Å². The highest BCUT2D eigenvalue weighted by Gasteiger charge is 2.23. The molecule has 1 atom stereocenters. The number of pyridine rings is 1. The van der Waals surface area contributed by atoms with Crippen molar-refractivity contribution in [3.8, 4) is 0 Å². The molecule has 1 aromatic rings. The molecule has 118 valence electrons. The maximum atomic E-state index is 4.41. The second-order valence-electron chi connectivity index (χ2n) is 5.47. The number of aliphatic imine (C=N–C) groups is 1. The first kappa shape index (κ1) is 18.2. The maximum absolute atomic E-state index is 4.41. The fourth-order valence-electron chi connectivity index (χ4n) is 2.87. The van der Waals surface area contributed by atoms with Gasteiger partial charge in [0.1, 0.15) is 0 Å². The largest absolute Gasteiger partial charge is 0.356 e. The molecular weight excluding hydrogens is 375 g/mol. The molecule has 2 heterocycles. The molecule has 0 aromatic carbocycles. The molecule has 0 amide bonds. The molecule has 0 bridgehead atoms. The lowest BCUT2D eigenvalue weighted by molar-refractivity contribution is 0.445. The fraction of sp³-hybridized carbons (Fsp3) is 0.625. The Morgan fingerprint density at radius 3 is 3.05 bits per heavy atom. The standard InChI is InChI=1S/C16H26N4.HI/c1-3-5-15-8-11-20(13-15)16(17-2)19-10-7-14-6-4-9-18-12-14;/h4,6,9,12,15H,3,5,7-8,10-11,13H2,1-2H3,(H,17,19);1H. The molecule has 1 saturated heterocycles. The number of halogens is 1. The van der Waals surface area contributed by atoms with Crippen molar-refractivity contribution in [2.24, 2.45) is 10.9 Å². The highest BCUT2D eigenvalue weighted by atomic mass is 127. The number of hydrogen-bond donors (Lipinski definition) is 1. The van der Waals surface area contributed by atoms with Crippen LogP contribution in [0.3, 0.4) is 0 Å². The monoisotopic (exact) mass is 402 g/mol. The van der Waals surface area contributed by atoms with Crippen LogP contribution in [0.5, 0.6) is 0 Å². The minimum atomic E-state index is 0. The molecule has 21 heavy (non-hydrogen) atoms. The SMILES string of the molecule is CCCC1CCN(C(=NC)NCCc2cccnc2)C1.I. The van der Waals surface area contributed by atoms with Gasteiger partial charge in [0.15, 0.2) is 5.96 Å². The molecule has 0 radical (unpaired) electrons. The third-order valence-electron chi connectivity index (χ3n) is 3.91. The quantitative estimate of drug-likeness (QED) is 0.468. The molecule has 5 heteroatoms. The van der Waals surface area contributed by atoms with Crippen molar-refractivity contribution in [2.45, 2.75) is 32.6 Å². The average molecular weight is 402 g/mol. The first-order chi connectivity index (χ1) is 9.83. The Hall–Kier alpha value is -0.850. The van der Waals surface area contributed by atoms with Crippen molar-refractivity contribution in [3.63, 3.8) is 0 Å². The minimum Gasteiger partial charge on any atom is -0.356 e. The Balaban J connectivity index is 0.00000220. The molecule has 1 fully saturated rings. The first-order valence-electron chi connectivity index (χ1n) is 7.68. The Morgan fingerprint density at radius 2 is 2.38 bits per heavy atom. The highest BCUT2D eigenvalue weighted by molar-refractivity contribution is 14.0. The maximum Gasteiger partial charge on any atom is 0.193 e. The van der Waals surface area contributed by atoms with E-state index in [9.17, 15) is 0 Å². The van der Waals surface area contributed by atoms with Crippen LogP contribution in [-0.2, 0) is 6.42 Å².